The molecule has 1 saturated carbocycles. The van der Waals surface area contributed by atoms with Crippen molar-refractivity contribution in [3.8, 4) is 5.75 Å². The van der Waals surface area contributed by atoms with E-state index < -0.39 is 0 Å². The van der Waals surface area contributed by atoms with Gasteiger partial charge < -0.3 is 10.1 Å². The second kappa shape index (κ2) is 9.26. The van der Waals surface area contributed by atoms with Crippen LogP contribution in [0.5, 0.6) is 5.75 Å². The molecule has 1 aromatic rings. The normalized spacial score (nSPS) is 13.1. The van der Waals surface area contributed by atoms with Gasteiger partial charge in [0, 0.05) is 5.56 Å². The third-order valence-corrected chi connectivity index (χ3v) is 2.85. The molecule has 0 atom stereocenters. The van der Waals surface area contributed by atoms with Gasteiger partial charge in [-0.05, 0) is 37.4 Å². The predicted octanol–water partition coefficient (Wildman–Crippen LogP) is 2.47. The first-order valence-electron chi connectivity index (χ1n) is 7.18. The van der Waals surface area contributed by atoms with E-state index in [2.05, 4.69) is 5.32 Å². The molecule has 0 saturated heterocycles. The molecule has 4 heteroatoms. The first-order chi connectivity index (χ1) is 9.78. The van der Waals surface area contributed by atoms with E-state index in [1.165, 1.54) is 12.8 Å². The molecule has 0 bridgehead atoms. The summed E-state index contributed by atoms with van der Waals surface area (Å²) in [4.78, 5) is 22.1. The fourth-order valence-corrected chi connectivity index (χ4v) is 1.63. The molecule has 0 heterocycles. The van der Waals surface area contributed by atoms with Crippen LogP contribution in [0.1, 0.15) is 37.0 Å². The lowest BCUT2D eigenvalue weighted by Crippen LogP contribution is -2.28. The van der Waals surface area contributed by atoms with Crippen LogP contribution in [0, 0.1) is 5.92 Å². The van der Waals surface area contributed by atoms with Crippen molar-refractivity contribution < 1.29 is 14.3 Å². The van der Waals surface area contributed by atoms with E-state index in [9.17, 15) is 9.59 Å². The van der Waals surface area contributed by atoms with Crippen LogP contribution >= 0.6 is 0 Å². The third kappa shape index (κ3) is 6.48. The van der Waals surface area contributed by atoms with Crippen LogP contribution in [0.2, 0.25) is 0 Å². The Morgan fingerprint density at radius 1 is 1.40 bits per heavy atom. The molecular weight excluding hydrogens is 254 g/mol. The molecule has 1 aliphatic rings. The third-order valence-electron chi connectivity index (χ3n) is 2.85. The smallest absolute Gasteiger partial charge is 0.183 e. The summed E-state index contributed by atoms with van der Waals surface area (Å²) in [6.45, 7) is 5.32. The first-order valence-corrected chi connectivity index (χ1v) is 7.18. The van der Waals surface area contributed by atoms with Crippen molar-refractivity contribution in [1.29, 1.82) is 0 Å². The van der Waals surface area contributed by atoms with Crippen molar-refractivity contribution >= 4 is 12.1 Å². The second-order valence-electron chi connectivity index (χ2n) is 4.59. The highest BCUT2D eigenvalue weighted by Crippen LogP contribution is 2.27. The lowest BCUT2D eigenvalue weighted by Gasteiger charge is -2.06. The van der Waals surface area contributed by atoms with E-state index in [0.717, 1.165) is 18.7 Å². The Kier molecular flexibility index (Phi) is 7.58. The molecule has 1 aliphatic carbocycles. The molecule has 1 fully saturated rings. The number of ketones is 1. The van der Waals surface area contributed by atoms with Crippen molar-refractivity contribution in [1.82, 2.24) is 5.32 Å². The number of aldehydes is 1. The van der Waals surface area contributed by atoms with Crippen LogP contribution in [0.25, 0.3) is 0 Å². The molecular formula is C16H23NO3. The number of rotatable bonds is 8. The fourth-order valence-electron chi connectivity index (χ4n) is 1.63. The van der Waals surface area contributed by atoms with Gasteiger partial charge in [-0.2, -0.15) is 0 Å². The summed E-state index contributed by atoms with van der Waals surface area (Å²) in [6.07, 6.45) is 3.30. The maximum atomic E-state index is 11.5. The van der Waals surface area contributed by atoms with Crippen molar-refractivity contribution in [3.05, 3.63) is 29.8 Å². The Balaban J connectivity index is 0.000000956. The van der Waals surface area contributed by atoms with Crippen LogP contribution in [0.15, 0.2) is 24.3 Å². The number of carbonyl (C=O) groups is 2. The van der Waals surface area contributed by atoms with E-state index >= 15 is 0 Å². The van der Waals surface area contributed by atoms with E-state index in [1.54, 1.807) is 24.3 Å². The van der Waals surface area contributed by atoms with Crippen LogP contribution < -0.4 is 10.1 Å². The quantitative estimate of drug-likeness (QED) is 0.742. The van der Waals surface area contributed by atoms with Crippen molar-refractivity contribution in [2.24, 2.45) is 5.92 Å². The van der Waals surface area contributed by atoms with Gasteiger partial charge in [0.05, 0.1) is 6.54 Å². The molecule has 0 spiro atoms. The molecule has 0 unspecified atom stereocenters. The van der Waals surface area contributed by atoms with Crippen LogP contribution in [-0.2, 0) is 4.79 Å². The number of carbonyl (C=O) groups excluding carboxylic acids is 2. The Morgan fingerprint density at radius 2 is 2.15 bits per heavy atom. The van der Waals surface area contributed by atoms with Gasteiger partial charge in [0.2, 0.25) is 0 Å². The number of nitrogens with one attached hydrogen (secondary N) is 1. The van der Waals surface area contributed by atoms with Crippen molar-refractivity contribution in [2.45, 2.75) is 26.7 Å². The van der Waals surface area contributed by atoms with E-state index in [1.807, 2.05) is 13.8 Å². The Labute approximate surface area is 120 Å². The lowest BCUT2D eigenvalue weighted by atomic mass is 10.2. The maximum Gasteiger partial charge on any atom is 0.183 e. The molecule has 0 aliphatic heterocycles. The summed E-state index contributed by atoms with van der Waals surface area (Å²) >= 11 is 0. The monoisotopic (exact) mass is 277 g/mol. The zero-order chi connectivity index (χ0) is 14.8. The summed E-state index contributed by atoms with van der Waals surface area (Å²) in [6, 6.07) is 6.78. The van der Waals surface area contributed by atoms with E-state index in [0.29, 0.717) is 17.9 Å². The summed E-state index contributed by atoms with van der Waals surface area (Å²) in [7, 11) is 0. The highest BCUT2D eigenvalue weighted by molar-refractivity contribution is 5.82. The topological polar surface area (TPSA) is 55.4 Å². The van der Waals surface area contributed by atoms with Crippen molar-refractivity contribution in [2.75, 3.05) is 19.7 Å². The fraction of sp³-hybridized carbons (Fsp3) is 0.500. The molecule has 20 heavy (non-hydrogen) atoms. The standard InChI is InChI=1S/C14H17NO3.C2H6/c16-9-12-2-1-3-14(6-12)18-10-13(17)8-15-7-11-4-5-11;1-2/h1-3,6,9,11,15H,4-5,7-8,10H2;1-2H3. The average molecular weight is 277 g/mol. The largest absolute Gasteiger partial charge is 0.486 e. The summed E-state index contributed by atoms with van der Waals surface area (Å²) in [5.74, 6) is 1.34. The molecule has 110 valence electrons. The summed E-state index contributed by atoms with van der Waals surface area (Å²) < 4.78 is 5.34. The Hall–Kier alpha value is -1.68. The van der Waals surface area contributed by atoms with Gasteiger partial charge in [0.25, 0.3) is 0 Å². The van der Waals surface area contributed by atoms with Crippen LogP contribution in [0.3, 0.4) is 0 Å². The molecule has 4 nitrogen and oxygen atoms in total. The van der Waals surface area contributed by atoms with Crippen LogP contribution in [-0.4, -0.2) is 31.8 Å². The Morgan fingerprint density at radius 3 is 2.80 bits per heavy atom. The first kappa shape index (κ1) is 16.4. The molecule has 1 aromatic carbocycles. The number of hydrogen-bond donors (Lipinski definition) is 1. The van der Waals surface area contributed by atoms with Gasteiger partial charge in [0.15, 0.2) is 5.78 Å². The predicted molar refractivity (Wildman–Crippen MR) is 79.3 cm³/mol. The number of ether oxygens (including phenoxy) is 1. The molecule has 0 amide bonds. The summed E-state index contributed by atoms with van der Waals surface area (Å²) in [5, 5.41) is 3.12. The van der Waals surface area contributed by atoms with Gasteiger partial charge >= 0.3 is 0 Å². The average Bonchev–Trinajstić information content (AvgIpc) is 3.32. The molecule has 0 radical (unpaired) electrons. The minimum atomic E-state index is 0.0205. The zero-order valence-corrected chi connectivity index (χ0v) is 12.2. The number of benzene rings is 1. The molecule has 0 aromatic heterocycles. The van der Waals surface area contributed by atoms with Gasteiger partial charge in [-0.25, -0.2) is 0 Å². The van der Waals surface area contributed by atoms with Crippen LogP contribution in [0.4, 0.5) is 0 Å². The zero-order valence-electron chi connectivity index (χ0n) is 12.2. The van der Waals surface area contributed by atoms with Gasteiger partial charge in [-0.15, -0.1) is 0 Å². The Bertz CT molecular complexity index is 427. The highest BCUT2D eigenvalue weighted by Gasteiger charge is 2.20. The number of hydrogen-bond acceptors (Lipinski definition) is 4. The lowest BCUT2D eigenvalue weighted by molar-refractivity contribution is -0.120. The molecule has 1 N–H and O–H groups in total. The SMILES string of the molecule is CC.O=Cc1cccc(OCC(=O)CNCC2CC2)c1. The number of Topliss-reactive ketones (excluding diaryl/α,β-unsaturated/α-hetero) is 1. The van der Waals surface area contributed by atoms with Gasteiger partial charge in [-0.3, -0.25) is 9.59 Å². The van der Waals surface area contributed by atoms with Crippen molar-refractivity contribution in [3.63, 3.8) is 0 Å². The second-order valence-corrected chi connectivity index (χ2v) is 4.59. The highest BCUT2D eigenvalue weighted by atomic mass is 16.5. The maximum absolute atomic E-state index is 11.5. The van der Waals surface area contributed by atoms with E-state index in [-0.39, 0.29) is 12.4 Å². The summed E-state index contributed by atoms with van der Waals surface area (Å²) in [5.41, 5.74) is 0.548. The van der Waals surface area contributed by atoms with E-state index in [4.69, 9.17) is 4.74 Å². The van der Waals surface area contributed by atoms with Gasteiger partial charge in [-0.1, -0.05) is 26.0 Å². The minimum absolute atomic E-state index is 0.0205. The molecule has 2 rings (SSSR count). The van der Waals surface area contributed by atoms with Gasteiger partial charge in [0.1, 0.15) is 18.6 Å². The minimum Gasteiger partial charge on any atom is -0.486 e.